The third-order valence-corrected chi connectivity index (χ3v) is 10.8. The minimum absolute atomic E-state index is 0.0369. The van der Waals surface area contributed by atoms with E-state index in [1.165, 1.54) is 188 Å². The lowest BCUT2D eigenvalue weighted by molar-refractivity contribution is -0.138. The quantitative estimate of drug-likeness (QED) is 0.0445. The molecule has 374 valence electrons. The van der Waals surface area contributed by atoms with E-state index in [0.29, 0.717) is 34.5 Å². The number of carbonyl (C=O) groups is 6. The number of hydrogen-bond donors (Lipinski definition) is 0. The Morgan fingerprint density at radius 3 is 0.653 bits per heavy atom. The molecule has 0 unspecified atom stereocenters. The van der Waals surface area contributed by atoms with Gasteiger partial charge in [-0.2, -0.15) is 0 Å². The van der Waals surface area contributed by atoms with Gasteiger partial charge in [-0.05, 0) is 146 Å². The molecule has 0 saturated heterocycles. The van der Waals surface area contributed by atoms with Crippen molar-refractivity contribution in [3.8, 4) is 34.5 Å². The summed E-state index contributed by atoms with van der Waals surface area (Å²) in [5.41, 5.74) is -0.136. The van der Waals surface area contributed by atoms with Gasteiger partial charge in [0.2, 0.25) is 0 Å². The molecular weight excluding hydrogens is 937 g/mol. The fraction of sp³-hybridized carbons (Fsp3) is 0.222. The number of ether oxygens (including phenoxy) is 12. The van der Waals surface area contributed by atoms with Crippen molar-refractivity contribution >= 4 is 35.8 Å². The first-order valence-corrected chi connectivity index (χ1v) is 21.9. The average molecular weight is 987 g/mol. The van der Waals surface area contributed by atoms with Crippen LogP contribution in [0.2, 0.25) is 0 Å². The molecule has 0 aliphatic carbocycles. The third kappa shape index (κ3) is 14.0. The number of hydrogen-bond acceptors (Lipinski definition) is 18. The normalized spacial score (nSPS) is 12.2. The Morgan fingerprint density at radius 2 is 0.458 bits per heavy atom. The first-order chi connectivity index (χ1) is 34.9. The smallest absolute Gasteiger partial charge is 0.338 e. The Labute approximate surface area is 414 Å². The largest absolute Gasteiger partial charge is 0.497 e. The van der Waals surface area contributed by atoms with Gasteiger partial charge in [-0.3, -0.25) is 0 Å². The van der Waals surface area contributed by atoms with Crippen LogP contribution in [0.4, 0.5) is 0 Å². The lowest BCUT2D eigenvalue weighted by Crippen LogP contribution is -2.54. The summed E-state index contributed by atoms with van der Waals surface area (Å²) < 4.78 is 67.7. The van der Waals surface area contributed by atoms with Gasteiger partial charge in [0.1, 0.15) is 47.7 Å². The zero-order chi connectivity index (χ0) is 51.6. The second-order valence-electron chi connectivity index (χ2n) is 15.2. The Morgan fingerprint density at radius 1 is 0.278 bits per heavy atom. The van der Waals surface area contributed by atoms with Crippen LogP contribution >= 0.6 is 0 Å². The molecule has 0 bridgehead atoms. The van der Waals surface area contributed by atoms with Gasteiger partial charge in [0.15, 0.2) is 24.4 Å². The zero-order valence-electron chi connectivity index (χ0n) is 39.9. The van der Waals surface area contributed by atoms with E-state index in [9.17, 15) is 28.8 Å². The Balaban J connectivity index is 1.52. The van der Waals surface area contributed by atoms with E-state index in [1.54, 1.807) is 0 Å². The van der Waals surface area contributed by atoms with Crippen LogP contribution in [0.5, 0.6) is 34.5 Å². The predicted molar refractivity (Wildman–Crippen MR) is 255 cm³/mol. The maximum absolute atomic E-state index is 14.5. The van der Waals surface area contributed by atoms with E-state index in [1.807, 2.05) is 0 Å². The fourth-order valence-electron chi connectivity index (χ4n) is 6.74. The summed E-state index contributed by atoms with van der Waals surface area (Å²) in [5, 5.41) is 0. The molecule has 0 saturated carbocycles. The molecule has 72 heavy (non-hydrogen) atoms. The third-order valence-electron chi connectivity index (χ3n) is 10.8. The van der Waals surface area contributed by atoms with E-state index in [2.05, 4.69) is 0 Å². The average Bonchev–Trinajstić information content (AvgIpc) is 3.43. The van der Waals surface area contributed by atoms with Crippen LogP contribution in [0.25, 0.3) is 0 Å². The van der Waals surface area contributed by atoms with Crippen LogP contribution in [0.1, 0.15) is 62.1 Å². The summed E-state index contributed by atoms with van der Waals surface area (Å²) in [6.45, 7) is -1.76. The molecule has 6 aromatic rings. The Kier molecular flexibility index (Phi) is 18.5. The van der Waals surface area contributed by atoms with Gasteiger partial charge in [0.05, 0.1) is 76.0 Å². The summed E-state index contributed by atoms with van der Waals surface area (Å²) in [6.07, 6.45) is -7.95. The second kappa shape index (κ2) is 25.5. The van der Waals surface area contributed by atoms with E-state index in [-0.39, 0.29) is 33.4 Å². The summed E-state index contributed by atoms with van der Waals surface area (Å²) in [4.78, 5) is 84.9. The molecule has 4 atom stereocenters. The number of carbonyl (C=O) groups excluding carboxylic acids is 6. The summed E-state index contributed by atoms with van der Waals surface area (Å²) in [6, 6.07) is 34.6. The lowest BCUT2D eigenvalue weighted by atomic mass is 10.0. The van der Waals surface area contributed by atoms with Gasteiger partial charge in [-0.1, -0.05) is 0 Å². The molecule has 0 aliphatic heterocycles. The highest BCUT2D eigenvalue weighted by molar-refractivity contribution is 5.93. The van der Waals surface area contributed by atoms with Crippen LogP contribution in [0, 0.1) is 0 Å². The molecule has 6 rings (SSSR count). The lowest BCUT2D eigenvalue weighted by Gasteiger charge is -2.35. The Hall–Kier alpha value is -9.06. The van der Waals surface area contributed by atoms with Crippen LogP contribution in [-0.2, 0) is 28.4 Å². The minimum Gasteiger partial charge on any atom is -0.497 e. The molecule has 0 N–H and O–H groups in total. The van der Waals surface area contributed by atoms with E-state index >= 15 is 0 Å². The fourth-order valence-corrected chi connectivity index (χ4v) is 6.74. The van der Waals surface area contributed by atoms with Gasteiger partial charge >= 0.3 is 35.8 Å². The van der Waals surface area contributed by atoms with Crippen molar-refractivity contribution in [1.82, 2.24) is 0 Å². The molecule has 18 nitrogen and oxygen atoms in total. The maximum atomic E-state index is 14.5. The molecule has 0 fully saturated rings. The summed E-state index contributed by atoms with van der Waals surface area (Å²) in [7, 11) is 8.61. The Bertz CT molecular complexity index is 2560. The van der Waals surface area contributed by atoms with Crippen LogP contribution in [0.3, 0.4) is 0 Å². The van der Waals surface area contributed by atoms with Gasteiger partial charge in [-0.25, -0.2) is 28.8 Å². The molecule has 0 aliphatic rings. The molecule has 18 heteroatoms. The molecular formula is C54H50O18. The van der Waals surface area contributed by atoms with Crippen molar-refractivity contribution in [2.45, 2.75) is 24.4 Å². The summed E-state index contributed by atoms with van der Waals surface area (Å²) in [5.74, 6) is -3.65. The van der Waals surface area contributed by atoms with Crippen molar-refractivity contribution in [3.05, 3.63) is 179 Å². The summed E-state index contributed by atoms with van der Waals surface area (Å²) >= 11 is 0. The molecule has 0 spiro atoms. The monoisotopic (exact) mass is 986 g/mol. The van der Waals surface area contributed by atoms with Gasteiger partial charge in [0, 0.05) is 0 Å². The van der Waals surface area contributed by atoms with Gasteiger partial charge in [-0.15, -0.1) is 0 Å². The number of rotatable bonds is 23. The van der Waals surface area contributed by atoms with Gasteiger partial charge in [0.25, 0.3) is 0 Å². The SMILES string of the molecule is COc1ccc(C(=O)OC[C@@H](OC(=O)c2ccc(OC)cc2)[C@@H](OC(=O)c2ccc(OC)cc2)[C@H](OC(=O)c2ccc(OC)cc2)[C@@H](COC(=O)c2ccc(OC)cc2)OC(=O)c2ccc(OC)cc2)cc1. The van der Waals surface area contributed by atoms with E-state index in [4.69, 9.17) is 56.8 Å². The highest BCUT2D eigenvalue weighted by Crippen LogP contribution is 2.27. The standard InChI is InChI=1S/C54H50O18/c1-61-39-19-7-33(8-20-39)49(55)67-31-45(69-51(57)35-11-23-41(63-3)24-12-35)47(71-53(59)37-15-27-43(65-5)28-16-37)48(72-54(60)38-17-29-44(66-6)30-18-38)46(70-52(58)36-13-25-42(64-4)26-14-36)32-68-50(56)34-9-21-40(62-2)22-10-34/h7-30,45-48H,31-32H2,1-6H3/t45-,46-,47-,48-/m1/s1. The zero-order valence-corrected chi connectivity index (χ0v) is 39.9. The molecule has 0 radical (unpaired) electrons. The second-order valence-corrected chi connectivity index (χ2v) is 15.2. The van der Waals surface area contributed by atoms with Crippen LogP contribution < -0.4 is 28.4 Å². The van der Waals surface area contributed by atoms with Crippen molar-refractivity contribution in [2.24, 2.45) is 0 Å². The maximum Gasteiger partial charge on any atom is 0.338 e. The van der Waals surface area contributed by atoms with Crippen LogP contribution in [-0.4, -0.2) is 116 Å². The van der Waals surface area contributed by atoms with E-state index < -0.39 is 73.4 Å². The molecule has 0 aromatic heterocycles. The van der Waals surface area contributed by atoms with Gasteiger partial charge < -0.3 is 56.8 Å². The molecule has 6 aromatic carbocycles. The predicted octanol–water partition coefficient (Wildman–Crippen LogP) is 7.65. The molecule has 0 amide bonds. The van der Waals surface area contributed by atoms with Crippen molar-refractivity contribution in [3.63, 3.8) is 0 Å². The van der Waals surface area contributed by atoms with Crippen LogP contribution in [0.15, 0.2) is 146 Å². The first-order valence-electron chi connectivity index (χ1n) is 21.9. The van der Waals surface area contributed by atoms with Crippen molar-refractivity contribution in [1.29, 1.82) is 0 Å². The topological polar surface area (TPSA) is 213 Å². The molecule has 0 heterocycles. The van der Waals surface area contributed by atoms with Crippen molar-refractivity contribution in [2.75, 3.05) is 55.9 Å². The highest BCUT2D eigenvalue weighted by Gasteiger charge is 2.46. The first kappa shape index (κ1) is 52.3. The minimum atomic E-state index is -2.07. The highest BCUT2D eigenvalue weighted by atomic mass is 16.6. The van der Waals surface area contributed by atoms with Crippen molar-refractivity contribution < 1.29 is 85.6 Å². The number of methoxy groups -OCH3 is 6. The van der Waals surface area contributed by atoms with E-state index in [0.717, 1.165) is 0 Å². The number of esters is 6. The number of benzene rings is 6.